The van der Waals surface area contributed by atoms with Crippen molar-refractivity contribution in [1.82, 2.24) is 16.0 Å². The van der Waals surface area contributed by atoms with E-state index in [1.807, 2.05) is 29.6 Å². The number of amides is 2. The molecule has 2 aromatic rings. The van der Waals surface area contributed by atoms with E-state index >= 15 is 0 Å². The molecular weight excluding hydrogens is 402 g/mol. The van der Waals surface area contributed by atoms with Crippen LogP contribution in [0.1, 0.15) is 25.6 Å². The molecule has 0 aliphatic carbocycles. The summed E-state index contributed by atoms with van der Waals surface area (Å²) in [5, 5.41) is 11.3. The second kappa shape index (κ2) is 7.41. The van der Waals surface area contributed by atoms with Gasteiger partial charge in [-0.25, -0.2) is 4.79 Å². The summed E-state index contributed by atoms with van der Waals surface area (Å²) >= 11 is 1.56. The minimum Gasteiger partial charge on any atom is -0.442 e. The summed E-state index contributed by atoms with van der Waals surface area (Å²) in [6.07, 6.45) is -0.753. The minimum absolute atomic E-state index is 0.105. The molecule has 1 unspecified atom stereocenters. The number of benzene rings is 1. The van der Waals surface area contributed by atoms with Crippen molar-refractivity contribution in [2.24, 2.45) is 10.9 Å². The Morgan fingerprint density at radius 3 is 2.83 bits per heavy atom. The fourth-order valence-corrected chi connectivity index (χ4v) is 4.93. The molecule has 2 saturated heterocycles. The van der Waals surface area contributed by atoms with E-state index in [-0.39, 0.29) is 17.8 Å². The van der Waals surface area contributed by atoms with Crippen molar-refractivity contribution in [3.05, 3.63) is 40.6 Å². The Hall–Kier alpha value is -2.91. The molecule has 2 aliphatic heterocycles. The SMILES string of the molecule is CC(C)(C)OC(=O)/N=C1/NC(=O)C2CNC[C@]2(c2cc(-c3cccc(N)c3)cs2)N1. The molecule has 1 aromatic heterocycles. The lowest BCUT2D eigenvalue weighted by Crippen LogP contribution is -2.64. The molecule has 4 rings (SSSR count). The Kier molecular flexibility index (Phi) is 5.03. The number of anilines is 1. The summed E-state index contributed by atoms with van der Waals surface area (Å²) in [5.41, 5.74) is 7.30. The molecule has 2 aliphatic rings. The number of nitrogens with zero attached hydrogens (tertiary/aromatic N) is 1. The maximum Gasteiger partial charge on any atom is 0.437 e. The van der Waals surface area contributed by atoms with Crippen LogP contribution in [0.2, 0.25) is 0 Å². The second-order valence-corrected chi connectivity index (χ2v) is 9.45. The third kappa shape index (κ3) is 3.90. The van der Waals surface area contributed by atoms with Crippen LogP contribution < -0.4 is 21.7 Å². The summed E-state index contributed by atoms with van der Waals surface area (Å²) in [6.45, 7) is 6.36. The van der Waals surface area contributed by atoms with E-state index in [9.17, 15) is 9.59 Å². The minimum atomic E-state index is -0.753. The molecular formula is C21H25N5O3S. The molecule has 2 fully saturated rings. The fourth-order valence-electron chi connectivity index (χ4n) is 3.80. The highest BCUT2D eigenvalue weighted by Gasteiger charge is 2.53. The molecule has 9 heteroatoms. The van der Waals surface area contributed by atoms with Crippen LogP contribution in [-0.4, -0.2) is 36.7 Å². The van der Waals surface area contributed by atoms with Gasteiger partial charge in [-0.3, -0.25) is 10.1 Å². The summed E-state index contributed by atoms with van der Waals surface area (Å²) in [5.74, 6) is -0.407. The Morgan fingerprint density at radius 2 is 2.10 bits per heavy atom. The molecule has 0 saturated carbocycles. The van der Waals surface area contributed by atoms with Crippen LogP contribution in [0.3, 0.4) is 0 Å². The lowest BCUT2D eigenvalue weighted by Gasteiger charge is -2.39. The largest absolute Gasteiger partial charge is 0.442 e. The van der Waals surface area contributed by atoms with Gasteiger partial charge in [-0.05, 0) is 55.5 Å². The van der Waals surface area contributed by atoms with Crippen LogP contribution in [-0.2, 0) is 15.1 Å². The number of rotatable bonds is 2. The summed E-state index contributed by atoms with van der Waals surface area (Å²) < 4.78 is 5.26. The first kappa shape index (κ1) is 20.4. The lowest BCUT2D eigenvalue weighted by atomic mass is 9.83. The average molecular weight is 428 g/mol. The van der Waals surface area contributed by atoms with Crippen LogP contribution >= 0.6 is 11.3 Å². The van der Waals surface area contributed by atoms with Gasteiger partial charge in [0.1, 0.15) is 5.60 Å². The van der Waals surface area contributed by atoms with Crippen molar-refractivity contribution < 1.29 is 14.3 Å². The van der Waals surface area contributed by atoms with E-state index < -0.39 is 17.2 Å². The molecule has 158 valence electrons. The zero-order chi connectivity index (χ0) is 21.5. The van der Waals surface area contributed by atoms with Gasteiger partial charge in [0.2, 0.25) is 11.9 Å². The third-order valence-corrected chi connectivity index (χ3v) is 6.21. The van der Waals surface area contributed by atoms with Crippen molar-refractivity contribution >= 4 is 35.0 Å². The molecule has 3 heterocycles. The fraction of sp³-hybridized carbons (Fsp3) is 0.381. The number of nitrogens with two attached hydrogens (primary N) is 1. The molecule has 1 aromatic carbocycles. The highest BCUT2D eigenvalue weighted by Crippen LogP contribution is 2.40. The maximum atomic E-state index is 12.8. The number of nitrogen functional groups attached to an aromatic ring is 1. The number of fused-ring (bicyclic) bond motifs is 1. The number of hydrogen-bond donors (Lipinski definition) is 4. The van der Waals surface area contributed by atoms with E-state index in [0.717, 1.165) is 16.0 Å². The number of nitrogens with one attached hydrogen (secondary N) is 3. The van der Waals surface area contributed by atoms with Gasteiger partial charge in [-0.2, -0.15) is 0 Å². The number of hydrogen-bond acceptors (Lipinski definition) is 6. The lowest BCUT2D eigenvalue weighted by molar-refractivity contribution is -0.125. The van der Waals surface area contributed by atoms with E-state index in [1.165, 1.54) is 0 Å². The molecule has 0 bridgehead atoms. The topological polar surface area (TPSA) is 118 Å². The first-order valence-corrected chi connectivity index (χ1v) is 10.6. The van der Waals surface area contributed by atoms with Crippen molar-refractivity contribution in [3.63, 3.8) is 0 Å². The highest BCUT2D eigenvalue weighted by molar-refractivity contribution is 7.10. The third-order valence-electron chi connectivity index (χ3n) is 5.10. The van der Waals surface area contributed by atoms with E-state index in [4.69, 9.17) is 10.5 Å². The average Bonchev–Trinajstić information content (AvgIpc) is 3.28. The molecule has 0 radical (unpaired) electrons. The van der Waals surface area contributed by atoms with Gasteiger partial charge in [0.15, 0.2) is 0 Å². The summed E-state index contributed by atoms with van der Waals surface area (Å²) in [4.78, 5) is 29.9. The number of ether oxygens (including phenoxy) is 1. The van der Waals surface area contributed by atoms with Gasteiger partial charge in [-0.15, -0.1) is 16.3 Å². The molecule has 0 spiro atoms. The maximum absolute atomic E-state index is 12.8. The van der Waals surface area contributed by atoms with Gasteiger partial charge in [0.25, 0.3) is 0 Å². The number of thiophene rings is 1. The number of carbonyl (C=O) groups is 2. The Bertz CT molecular complexity index is 1030. The standard InChI is InChI=1S/C21H25N5O3S/c1-20(2,3)29-19(28)25-18-24-17(27)15-9-23-11-21(15,26-18)16-8-13(10-30-16)12-5-4-6-14(22)7-12/h4-8,10,15,23H,9,11,22H2,1-3H3,(H2,24,25,26,27,28)/t15?,21-/m0/s1. The Morgan fingerprint density at radius 1 is 1.30 bits per heavy atom. The van der Waals surface area contributed by atoms with Crippen LogP contribution in [0.25, 0.3) is 11.1 Å². The second-order valence-electron chi connectivity index (χ2n) is 8.53. The quantitative estimate of drug-likeness (QED) is 0.547. The van der Waals surface area contributed by atoms with E-state index in [0.29, 0.717) is 18.8 Å². The Balaban J connectivity index is 1.67. The zero-order valence-electron chi connectivity index (χ0n) is 17.1. The van der Waals surface area contributed by atoms with Gasteiger partial charge >= 0.3 is 6.09 Å². The summed E-state index contributed by atoms with van der Waals surface area (Å²) in [7, 11) is 0. The van der Waals surface area contributed by atoms with Crippen molar-refractivity contribution in [3.8, 4) is 11.1 Å². The van der Waals surface area contributed by atoms with Gasteiger partial charge in [0, 0.05) is 23.7 Å². The zero-order valence-corrected chi connectivity index (χ0v) is 17.9. The Labute approximate surface area is 178 Å². The molecule has 5 N–H and O–H groups in total. The molecule has 30 heavy (non-hydrogen) atoms. The van der Waals surface area contributed by atoms with Crippen molar-refractivity contribution in [1.29, 1.82) is 0 Å². The van der Waals surface area contributed by atoms with Crippen molar-refractivity contribution in [2.75, 3.05) is 18.8 Å². The van der Waals surface area contributed by atoms with Crippen LogP contribution in [0, 0.1) is 5.92 Å². The monoisotopic (exact) mass is 427 g/mol. The van der Waals surface area contributed by atoms with Gasteiger partial charge in [-0.1, -0.05) is 12.1 Å². The van der Waals surface area contributed by atoms with Gasteiger partial charge in [0.05, 0.1) is 11.5 Å². The smallest absolute Gasteiger partial charge is 0.437 e. The van der Waals surface area contributed by atoms with E-state index in [2.05, 4.69) is 27.0 Å². The van der Waals surface area contributed by atoms with Crippen LogP contribution in [0.4, 0.5) is 10.5 Å². The summed E-state index contributed by atoms with van der Waals surface area (Å²) in [6, 6.07) is 9.75. The number of aliphatic imine (C=N–C) groups is 1. The predicted octanol–water partition coefficient (Wildman–Crippen LogP) is 2.42. The van der Waals surface area contributed by atoms with Crippen LogP contribution in [0.15, 0.2) is 40.7 Å². The van der Waals surface area contributed by atoms with Gasteiger partial charge < -0.3 is 21.1 Å². The predicted molar refractivity (Wildman–Crippen MR) is 117 cm³/mol. The molecule has 2 amide bonds. The van der Waals surface area contributed by atoms with Crippen molar-refractivity contribution in [2.45, 2.75) is 31.9 Å². The normalized spacial score (nSPS) is 24.8. The molecule has 2 atom stereocenters. The first-order valence-electron chi connectivity index (χ1n) is 9.73. The van der Waals surface area contributed by atoms with Crippen LogP contribution in [0.5, 0.6) is 0 Å². The van der Waals surface area contributed by atoms with E-state index in [1.54, 1.807) is 32.1 Å². The number of guanidine groups is 1. The number of carbonyl (C=O) groups excluding carboxylic acids is 2. The first-order chi connectivity index (χ1) is 14.2. The molecule has 8 nitrogen and oxygen atoms in total. The highest BCUT2D eigenvalue weighted by atomic mass is 32.1.